The molecule has 1 heterocycles. The second-order valence-corrected chi connectivity index (χ2v) is 7.58. The molecule has 8 heteroatoms. The lowest BCUT2D eigenvalue weighted by atomic mass is 9.76. The van der Waals surface area contributed by atoms with E-state index in [4.69, 9.17) is 42.8 Å². The van der Waals surface area contributed by atoms with Crippen molar-refractivity contribution in [3.8, 4) is 0 Å². The fraction of sp³-hybridized carbons (Fsp3) is 0.350. The van der Waals surface area contributed by atoms with Gasteiger partial charge in [0.2, 0.25) is 5.79 Å². The number of carbonyl (C=O) groups excluding carboxylic acids is 1. The summed E-state index contributed by atoms with van der Waals surface area (Å²) in [5, 5.41) is 20.6. The highest BCUT2D eigenvalue weighted by Crippen LogP contribution is 2.47. The smallest absolute Gasteiger partial charge is 0.314 e. The van der Waals surface area contributed by atoms with Crippen molar-refractivity contribution in [2.75, 3.05) is 13.2 Å². The third-order valence-electron chi connectivity index (χ3n) is 4.73. The van der Waals surface area contributed by atoms with Crippen LogP contribution in [0.5, 0.6) is 0 Å². The first kappa shape index (κ1) is 21.0. The summed E-state index contributed by atoms with van der Waals surface area (Å²) in [6.45, 7) is 0.824. The Morgan fingerprint density at radius 1 is 1.07 bits per heavy atom. The molecule has 3 rings (SSSR count). The van der Waals surface area contributed by atoms with Crippen molar-refractivity contribution in [2.24, 2.45) is 5.92 Å². The van der Waals surface area contributed by atoms with Crippen molar-refractivity contribution in [3.05, 3.63) is 69.7 Å². The number of hydrogen-bond acceptors (Lipinski definition) is 6. The Hall–Kier alpha value is -1.67. The monoisotopic (exact) mass is 426 g/mol. The lowest BCUT2D eigenvalue weighted by molar-refractivity contribution is -0.489. The molecule has 28 heavy (non-hydrogen) atoms. The second-order valence-electron chi connectivity index (χ2n) is 6.71. The summed E-state index contributed by atoms with van der Waals surface area (Å²) < 4.78 is 5.04. The quantitative estimate of drug-likeness (QED) is 0.562. The Labute approximate surface area is 172 Å². The van der Waals surface area contributed by atoms with Gasteiger partial charge in [-0.05, 0) is 42.3 Å². The Morgan fingerprint density at radius 3 is 2.04 bits per heavy atom. The Bertz CT molecular complexity index is 774. The summed E-state index contributed by atoms with van der Waals surface area (Å²) in [6.07, 6.45) is 0.0352. The van der Waals surface area contributed by atoms with Crippen LogP contribution in [-0.4, -0.2) is 35.2 Å². The molecule has 2 aromatic carbocycles. The van der Waals surface area contributed by atoms with Crippen LogP contribution >= 0.6 is 23.2 Å². The van der Waals surface area contributed by atoms with E-state index in [2.05, 4.69) is 0 Å². The maximum Gasteiger partial charge on any atom is 0.314 e. The van der Waals surface area contributed by atoms with Gasteiger partial charge in [-0.3, -0.25) is 4.79 Å². The van der Waals surface area contributed by atoms with E-state index in [0.29, 0.717) is 21.2 Å². The Morgan fingerprint density at radius 2 is 1.57 bits per heavy atom. The third-order valence-corrected chi connectivity index (χ3v) is 5.24. The van der Waals surface area contributed by atoms with Crippen molar-refractivity contribution in [1.29, 1.82) is 0 Å². The fourth-order valence-corrected chi connectivity index (χ4v) is 3.46. The van der Waals surface area contributed by atoms with Crippen molar-refractivity contribution in [1.82, 2.24) is 0 Å². The highest BCUT2D eigenvalue weighted by atomic mass is 35.5. The van der Waals surface area contributed by atoms with Crippen LogP contribution in [0.1, 0.15) is 24.5 Å². The largest absolute Gasteiger partial charge is 0.463 e. The lowest BCUT2D eigenvalue weighted by Gasteiger charge is -2.45. The number of rotatable bonds is 5. The van der Waals surface area contributed by atoms with Gasteiger partial charge >= 0.3 is 5.97 Å². The van der Waals surface area contributed by atoms with Gasteiger partial charge in [0, 0.05) is 16.5 Å². The summed E-state index contributed by atoms with van der Waals surface area (Å²) in [4.78, 5) is 23.6. The molecule has 2 N–H and O–H groups in total. The lowest BCUT2D eigenvalue weighted by Crippen LogP contribution is -2.53. The van der Waals surface area contributed by atoms with E-state index < -0.39 is 23.3 Å². The predicted octanol–water partition coefficient (Wildman–Crippen LogP) is 3.45. The molecule has 2 aromatic rings. The van der Waals surface area contributed by atoms with Crippen LogP contribution in [0.25, 0.3) is 0 Å². The molecule has 0 bridgehead atoms. The summed E-state index contributed by atoms with van der Waals surface area (Å²) in [5.41, 5.74) is 0.143. The first-order chi connectivity index (χ1) is 13.3. The molecule has 0 saturated carbocycles. The van der Waals surface area contributed by atoms with Crippen LogP contribution in [0.3, 0.4) is 0 Å². The maximum absolute atomic E-state index is 12.6. The van der Waals surface area contributed by atoms with Gasteiger partial charge in [-0.25, -0.2) is 4.89 Å². The van der Waals surface area contributed by atoms with Crippen molar-refractivity contribution in [3.63, 3.8) is 0 Å². The molecule has 1 saturated heterocycles. The van der Waals surface area contributed by atoms with Crippen LogP contribution < -0.4 is 0 Å². The number of halogens is 2. The summed E-state index contributed by atoms with van der Waals surface area (Å²) in [6, 6.07) is 13.8. The summed E-state index contributed by atoms with van der Waals surface area (Å²) in [7, 11) is 0. The van der Waals surface area contributed by atoms with E-state index in [1.807, 2.05) is 0 Å². The van der Waals surface area contributed by atoms with Crippen LogP contribution in [0.4, 0.5) is 0 Å². The number of esters is 1. The Balaban J connectivity index is 2.07. The molecule has 2 unspecified atom stereocenters. The first-order valence-corrected chi connectivity index (χ1v) is 9.43. The van der Waals surface area contributed by atoms with Gasteiger partial charge in [-0.2, -0.15) is 4.89 Å². The average Bonchev–Trinajstić information content (AvgIpc) is 2.68. The molecule has 6 nitrogen and oxygen atoms in total. The number of benzene rings is 2. The van der Waals surface area contributed by atoms with Crippen LogP contribution in [0.15, 0.2) is 48.5 Å². The standard InChI is InChI=1S/C20H20Cl2O6/c1-19(25)17(18(24)26-11-10-23)12-20(28-27-19,13-2-6-15(21)7-3-13)14-4-8-16(22)9-5-14/h2-9,17,23,25H,10-12H2,1H3. The van der Waals surface area contributed by atoms with E-state index in [1.54, 1.807) is 48.5 Å². The number of carbonyl (C=O) groups is 1. The fourth-order valence-electron chi connectivity index (χ4n) is 3.21. The molecule has 0 radical (unpaired) electrons. The number of aliphatic hydroxyl groups excluding tert-OH is 1. The molecule has 1 fully saturated rings. The molecule has 1 aliphatic heterocycles. The third kappa shape index (κ3) is 4.17. The highest BCUT2D eigenvalue weighted by Gasteiger charge is 2.54. The molecule has 0 aromatic heterocycles. The van der Waals surface area contributed by atoms with Gasteiger partial charge in [-0.15, -0.1) is 0 Å². The molecule has 0 amide bonds. The van der Waals surface area contributed by atoms with Crippen molar-refractivity contribution < 1.29 is 29.5 Å². The number of hydrogen-bond donors (Lipinski definition) is 2. The zero-order chi connectivity index (χ0) is 20.4. The van der Waals surface area contributed by atoms with Gasteiger partial charge < -0.3 is 14.9 Å². The van der Waals surface area contributed by atoms with E-state index in [-0.39, 0.29) is 19.6 Å². The van der Waals surface area contributed by atoms with Gasteiger partial charge in [0.25, 0.3) is 0 Å². The minimum Gasteiger partial charge on any atom is -0.463 e. The maximum atomic E-state index is 12.6. The van der Waals surface area contributed by atoms with Gasteiger partial charge in [0.15, 0.2) is 5.60 Å². The zero-order valence-corrected chi connectivity index (χ0v) is 16.6. The molecule has 0 aliphatic carbocycles. The molecule has 2 atom stereocenters. The molecule has 150 valence electrons. The minimum atomic E-state index is -1.91. The summed E-state index contributed by atoms with van der Waals surface area (Å²) >= 11 is 12.0. The van der Waals surface area contributed by atoms with E-state index in [1.165, 1.54) is 6.92 Å². The molecular weight excluding hydrogens is 407 g/mol. The van der Waals surface area contributed by atoms with Crippen LogP contribution in [0, 0.1) is 5.92 Å². The SMILES string of the molecule is CC1(O)OOC(c2ccc(Cl)cc2)(c2ccc(Cl)cc2)CC1C(=O)OCCO. The van der Waals surface area contributed by atoms with Gasteiger partial charge in [0.05, 0.1) is 6.61 Å². The first-order valence-electron chi connectivity index (χ1n) is 8.67. The minimum absolute atomic E-state index is 0.0352. The molecular formula is C20H20Cl2O6. The predicted molar refractivity (Wildman–Crippen MR) is 103 cm³/mol. The topological polar surface area (TPSA) is 85.2 Å². The van der Waals surface area contributed by atoms with E-state index >= 15 is 0 Å². The van der Waals surface area contributed by atoms with Crippen molar-refractivity contribution >= 4 is 29.2 Å². The van der Waals surface area contributed by atoms with E-state index in [9.17, 15) is 9.90 Å². The van der Waals surface area contributed by atoms with Crippen LogP contribution in [-0.2, 0) is 24.9 Å². The summed E-state index contributed by atoms with van der Waals surface area (Å²) in [5.74, 6) is -3.68. The number of aliphatic hydroxyl groups is 2. The van der Waals surface area contributed by atoms with Crippen molar-refractivity contribution in [2.45, 2.75) is 24.7 Å². The van der Waals surface area contributed by atoms with Gasteiger partial charge in [0.1, 0.15) is 12.5 Å². The zero-order valence-electron chi connectivity index (χ0n) is 15.1. The highest BCUT2D eigenvalue weighted by molar-refractivity contribution is 6.30. The number of ether oxygens (including phenoxy) is 1. The van der Waals surface area contributed by atoms with Crippen LogP contribution in [0.2, 0.25) is 10.0 Å². The Kier molecular flexibility index (Phi) is 6.29. The van der Waals surface area contributed by atoms with E-state index in [0.717, 1.165) is 0 Å². The normalized spacial score (nSPS) is 24.0. The van der Waals surface area contributed by atoms with Gasteiger partial charge in [-0.1, -0.05) is 47.5 Å². The average molecular weight is 427 g/mol. The molecule has 0 spiro atoms. The second kappa shape index (κ2) is 8.37. The molecule has 1 aliphatic rings.